The number of anilines is 1. The number of benzene rings is 2. The number of aromatic nitrogens is 3. The Bertz CT molecular complexity index is 1430. The predicted molar refractivity (Wildman–Crippen MR) is 150 cm³/mol. The first-order chi connectivity index (χ1) is 19.2. The van der Waals surface area contributed by atoms with E-state index >= 15 is 0 Å². The standard InChI is InChI=1S/C30H32N6O3/c37-27(9-4-17-31-21-10-11-21)36-19-5-6-22(20-36)33-30-28-26(16-18-32-29(28)34-35-30)39-25-14-12-24(13-15-25)38-23-7-2-1-3-8-23/h1-4,7-9,12-16,18,21-22,31H,5-6,10-11,17,19-20H2,(H2,32,33,34,35)/b9-4+/t22-/m1/s1. The second-order valence-corrected chi connectivity index (χ2v) is 9.95. The number of nitrogens with one attached hydrogen (secondary N) is 3. The first-order valence-electron chi connectivity index (χ1n) is 13.5. The van der Waals surface area contributed by atoms with Crippen LogP contribution in [0.1, 0.15) is 25.7 Å². The van der Waals surface area contributed by atoms with Crippen molar-refractivity contribution in [2.24, 2.45) is 0 Å². The zero-order valence-corrected chi connectivity index (χ0v) is 21.7. The van der Waals surface area contributed by atoms with Gasteiger partial charge in [-0.3, -0.25) is 9.89 Å². The lowest BCUT2D eigenvalue weighted by atomic mass is 10.1. The van der Waals surface area contributed by atoms with Crippen LogP contribution in [0.4, 0.5) is 5.82 Å². The van der Waals surface area contributed by atoms with Crippen molar-refractivity contribution in [2.75, 3.05) is 25.0 Å². The number of carbonyl (C=O) groups excluding carboxylic acids is 1. The van der Waals surface area contributed by atoms with Gasteiger partial charge in [0.2, 0.25) is 5.91 Å². The Morgan fingerprint density at radius 3 is 2.54 bits per heavy atom. The summed E-state index contributed by atoms with van der Waals surface area (Å²) in [5, 5.41) is 15.2. The smallest absolute Gasteiger partial charge is 0.246 e. The molecule has 2 fully saturated rings. The number of fused-ring (bicyclic) bond motifs is 1. The molecule has 0 radical (unpaired) electrons. The number of H-pyrrole nitrogens is 1. The topological polar surface area (TPSA) is 104 Å². The molecule has 3 heterocycles. The predicted octanol–water partition coefficient (Wildman–Crippen LogP) is 5.25. The van der Waals surface area contributed by atoms with Gasteiger partial charge in [-0.05, 0) is 62.1 Å². The van der Waals surface area contributed by atoms with Crippen LogP contribution >= 0.6 is 0 Å². The van der Waals surface area contributed by atoms with Gasteiger partial charge < -0.3 is 25.0 Å². The number of likely N-dealkylation sites (tertiary alicyclic amines) is 1. The molecule has 2 aromatic carbocycles. The first-order valence-corrected chi connectivity index (χ1v) is 13.5. The van der Waals surface area contributed by atoms with Crippen LogP contribution in [0.3, 0.4) is 0 Å². The van der Waals surface area contributed by atoms with Crippen LogP contribution in [0.5, 0.6) is 23.0 Å². The summed E-state index contributed by atoms with van der Waals surface area (Å²) in [5.74, 6) is 3.54. The summed E-state index contributed by atoms with van der Waals surface area (Å²) >= 11 is 0. The maximum atomic E-state index is 12.7. The zero-order chi connectivity index (χ0) is 26.4. The molecule has 9 nitrogen and oxygen atoms in total. The van der Waals surface area contributed by atoms with E-state index in [1.165, 1.54) is 12.8 Å². The molecule has 39 heavy (non-hydrogen) atoms. The normalized spacial score (nSPS) is 17.4. The molecule has 1 aliphatic heterocycles. The highest BCUT2D eigenvalue weighted by atomic mass is 16.5. The number of aromatic amines is 1. The third-order valence-corrected chi connectivity index (χ3v) is 6.89. The minimum absolute atomic E-state index is 0.0522. The van der Waals surface area contributed by atoms with Crippen molar-refractivity contribution >= 4 is 22.8 Å². The number of ether oxygens (including phenoxy) is 2. The lowest BCUT2D eigenvalue weighted by Crippen LogP contribution is -2.44. The summed E-state index contributed by atoms with van der Waals surface area (Å²) in [4.78, 5) is 19.0. The van der Waals surface area contributed by atoms with Crippen molar-refractivity contribution < 1.29 is 14.3 Å². The minimum Gasteiger partial charge on any atom is -0.457 e. The molecular formula is C30H32N6O3. The third-order valence-electron chi connectivity index (χ3n) is 6.89. The summed E-state index contributed by atoms with van der Waals surface area (Å²) in [7, 11) is 0. The Balaban J connectivity index is 1.11. The minimum atomic E-state index is 0.0522. The fourth-order valence-electron chi connectivity index (χ4n) is 4.72. The average molecular weight is 525 g/mol. The molecule has 0 unspecified atom stereocenters. The van der Waals surface area contributed by atoms with Crippen molar-refractivity contribution in [3.05, 3.63) is 79.0 Å². The number of para-hydroxylation sites is 1. The summed E-state index contributed by atoms with van der Waals surface area (Å²) in [6.07, 6.45) is 9.66. The van der Waals surface area contributed by atoms with Gasteiger partial charge in [0.15, 0.2) is 11.5 Å². The zero-order valence-electron chi connectivity index (χ0n) is 21.7. The maximum Gasteiger partial charge on any atom is 0.246 e. The lowest BCUT2D eigenvalue weighted by molar-refractivity contribution is -0.127. The van der Waals surface area contributed by atoms with Crippen LogP contribution in [-0.4, -0.2) is 57.7 Å². The monoisotopic (exact) mass is 524 g/mol. The van der Waals surface area contributed by atoms with Gasteiger partial charge in [0.05, 0.1) is 0 Å². The summed E-state index contributed by atoms with van der Waals surface area (Å²) in [6, 6.07) is 19.7. The number of nitrogens with zero attached hydrogens (tertiary/aromatic N) is 3. The molecule has 9 heteroatoms. The molecule has 200 valence electrons. The molecular weight excluding hydrogens is 492 g/mol. The Morgan fingerprint density at radius 2 is 1.74 bits per heavy atom. The van der Waals surface area contributed by atoms with E-state index in [-0.39, 0.29) is 11.9 Å². The van der Waals surface area contributed by atoms with Crippen LogP contribution in [0.15, 0.2) is 79.0 Å². The van der Waals surface area contributed by atoms with E-state index in [0.29, 0.717) is 35.6 Å². The molecule has 4 aromatic rings. The molecule has 2 aliphatic rings. The van der Waals surface area contributed by atoms with E-state index in [2.05, 4.69) is 25.8 Å². The van der Waals surface area contributed by atoms with E-state index in [4.69, 9.17) is 9.47 Å². The summed E-state index contributed by atoms with van der Waals surface area (Å²) in [5.41, 5.74) is 0.633. The molecule has 2 aromatic heterocycles. The van der Waals surface area contributed by atoms with Crippen molar-refractivity contribution in [1.29, 1.82) is 0 Å². The lowest BCUT2D eigenvalue weighted by Gasteiger charge is -2.32. The van der Waals surface area contributed by atoms with E-state index < -0.39 is 0 Å². The van der Waals surface area contributed by atoms with E-state index in [9.17, 15) is 4.79 Å². The quantitative estimate of drug-likeness (QED) is 0.243. The van der Waals surface area contributed by atoms with E-state index in [0.717, 1.165) is 42.8 Å². The largest absolute Gasteiger partial charge is 0.457 e. The van der Waals surface area contributed by atoms with Crippen molar-refractivity contribution in [3.8, 4) is 23.0 Å². The molecule has 1 aliphatic carbocycles. The Kier molecular flexibility index (Phi) is 7.40. The van der Waals surface area contributed by atoms with E-state index in [1.807, 2.05) is 71.6 Å². The molecule has 1 amide bonds. The fraction of sp³-hybridized carbons (Fsp3) is 0.300. The molecule has 3 N–H and O–H groups in total. The van der Waals surface area contributed by atoms with Gasteiger partial charge in [0.1, 0.15) is 28.4 Å². The highest BCUT2D eigenvalue weighted by molar-refractivity contribution is 5.93. The van der Waals surface area contributed by atoms with Gasteiger partial charge in [-0.25, -0.2) is 4.98 Å². The van der Waals surface area contributed by atoms with Gasteiger partial charge >= 0.3 is 0 Å². The Labute approximate surface area is 227 Å². The number of hydrogen-bond acceptors (Lipinski definition) is 7. The molecule has 1 saturated heterocycles. The van der Waals surface area contributed by atoms with Crippen LogP contribution in [0, 0.1) is 0 Å². The van der Waals surface area contributed by atoms with Crippen LogP contribution < -0.4 is 20.1 Å². The molecule has 0 bridgehead atoms. The highest BCUT2D eigenvalue weighted by Gasteiger charge is 2.25. The number of rotatable bonds is 10. The number of carbonyl (C=O) groups is 1. The molecule has 1 saturated carbocycles. The maximum absolute atomic E-state index is 12.7. The summed E-state index contributed by atoms with van der Waals surface area (Å²) in [6.45, 7) is 2.12. The highest BCUT2D eigenvalue weighted by Crippen LogP contribution is 2.34. The van der Waals surface area contributed by atoms with Crippen molar-refractivity contribution in [3.63, 3.8) is 0 Å². The second-order valence-electron chi connectivity index (χ2n) is 9.95. The Hall–Kier alpha value is -4.37. The molecule has 0 spiro atoms. The van der Waals surface area contributed by atoms with Crippen molar-refractivity contribution in [2.45, 2.75) is 37.8 Å². The van der Waals surface area contributed by atoms with Crippen LogP contribution in [0.25, 0.3) is 11.0 Å². The Morgan fingerprint density at radius 1 is 0.974 bits per heavy atom. The fourth-order valence-corrected chi connectivity index (χ4v) is 4.72. The van der Waals surface area contributed by atoms with Gasteiger partial charge in [-0.1, -0.05) is 24.3 Å². The van der Waals surface area contributed by atoms with Crippen LogP contribution in [0.2, 0.25) is 0 Å². The molecule has 6 rings (SSSR count). The second kappa shape index (κ2) is 11.6. The summed E-state index contributed by atoms with van der Waals surface area (Å²) < 4.78 is 12.1. The first kappa shape index (κ1) is 24.9. The van der Waals surface area contributed by atoms with Gasteiger partial charge in [-0.15, -0.1) is 0 Å². The third kappa shape index (κ3) is 6.38. The van der Waals surface area contributed by atoms with Gasteiger partial charge in [0, 0.05) is 50.1 Å². The van der Waals surface area contributed by atoms with Gasteiger partial charge in [-0.2, -0.15) is 5.10 Å². The number of hydrogen-bond donors (Lipinski definition) is 3. The van der Waals surface area contributed by atoms with Crippen LogP contribution in [-0.2, 0) is 4.79 Å². The molecule has 1 atom stereocenters. The number of pyridine rings is 1. The van der Waals surface area contributed by atoms with Crippen molar-refractivity contribution in [1.82, 2.24) is 25.4 Å². The van der Waals surface area contributed by atoms with Gasteiger partial charge in [0.25, 0.3) is 0 Å². The number of piperidine rings is 1. The van der Waals surface area contributed by atoms with E-state index in [1.54, 1.807) is 12.3 Å². The number of amides is 1. The SMILES string of the molecule is O=C(/C=C/CNC1CC1)N1CCC[C@@H](Nc2n[nH]c3nccc(Oc4ccc(Oc5ccccc5)cc4)c23)C1. The average Bonchev–Trinajstić information content (AvgIpc) is 3.71.